The van der Waals surface area contributed by atoms with E-state index in [0.717, 1.165) is 11.8 Å². The van der Waals surface area contributed by atoms with Crippen LogP contribution in [0.4, 0.5) is 5.69 Å². The summed E-state index contributed by atoms with van der Waals surface area (Å²) in [5.41, 5.74) is 2.33. The Morgan fingerprint density at radius 1 is 1.28 bits per heavy atom. The molecule has 2 aromatic rings. The molecule has 0 aliphatic carbocycles. The fourth-order valence-electron chi connectivity index (χ4n) is 2.24. The van der Waals surface area contributed by atoms with Crippen molar-refractivity contribution in [3.63, 3.8) is 0 Å². The van der Waals surface area contributed by atoms with Gasteiger partial charge >= 0.3 is 5.97 Å². The molecule has 1 aromatic heterocycles. The molecular formula is C19H20N2O4. The van der Waals surface area contributed by atoms with Crippen molar-refractivity contribution in [3.8, 4) is 0 Å². The maximum Gasteiger partial charge on any atom is 0.340 e. The minimum atomic E-state index is -0.631. The minimum Gasteiger partial charge on any atom is -0.462 e. The lowest BCUT2D eigenvalue weighted by atomic mass is 10.0. The van der Waals surface area contributed by atoms with Gasteiger partial charge in [-0.2, -0.15) is 0 Å². The molecule has 0 saturated heterocycles. The van der Waals surface area contributed by atoms with Crippen LogP contribution in [-0.4, -0.2) is 22.5 Å². The van der Waals surface area contributed by atoms with Crippen LogP contribution < -0.4 is 0 Å². The summed E-state index contributed by atoms with van der Waals surface area (Å²) in [6, 6.07) is 9.22. The third-order valence-electron chi connectivity index (χ3n) is 3.65. The molecule has 1 heterocycles. The first-order chi connectivity index (χ1) is 11.9. The summed E-state index contributed by atoms with van der Waals surface area (Å²) >= 11 is 0. The molecule has 0 N–H and O–H groups in total. The molecule has 0 bridgehead atoms. The lowest BCUT2D eigenvalue weighted by Gasteiger charge is -2.06. The second-order valence-electron chi connectivity index (χ2n) is 5.76. The van der Waals surface area contributed by atoms with Crippen LogP contribution in [0.2, 0.25) is 0 Å². The summed E-state index contributed by atoms with van der Waals surface area (Å²) in [7, 11) is 0. The van der Waals surface area contributed by atoms with Gasteiger partial charge in [-0.05, 0) is 30.0 Å². The van der Waals surface area contributed by atoms with Crippen molar-refractivity contribution in [2.75, 3.05) is 6.61 Å². The van der Waals surface area contributed by atoms with Crippen molar-refractivity contribution >= 4 is 23.8 Å². The first-order valence-corrected chi connectivity index (χ1v) is 8.02. The maximum absolute atomic E-state index is 12.1. The monoisotopic (exact) mass is 340 g/mol. The Morgan fingerprint density at radius 2 is 1.96 bits per heavy atom. The summed E-state index contributed by atoms with van der Waals surface area (Å²) in [5.74, 6) is -0.182. The standard InChI is InChI=1S/C19H20N2O4/c1-4-25-19(22)17-11-16(21(23)24)12-20-18(17)10-7-14-5-8-15(9-6-14)13(2)3/h5-13H,4H2,1-3H3. The third kappa shape index (κ3) is 4.73. The van der Waals surface area contributed by atoms with Crippen LogP contribution in [0.3, 0.4) is 0 Å². The fraction of sp³-hybridized carbons (Fsp3) is 0.263. The molecule has 0 spiro atoms. The molecule has 130 valence electrons. The summed E-state index contributed by atoms with van der Waals surface area (Å²) in [5, 5.41) is 10.9. The number of carbonyl (C=O) groups excluding carboxylic acids is 1. The molecule has 25 heavy (non-hydrogen) atoms. The minimum absolute atomic E-state index is 0.0751. The van der Waals surface area contributed by atoms with Gasteiger partial charge in [0.1, 0.15) is 6.20 Å². The molecule has 0 radical (unpaired) electrons. The van der Waals surface area contributed by atoms with E-state index in [1.807, 2.05) is 24.3 Å². The van der Waals surface area contributed by atoms with Crippen LogP contribution in [-0.2, 0) is 4.74 Å². The second kappa shape index (κ2) is 8.19. The first kappa shape index (κ1) is 18.3. The molecule has 6 heteroatoms. The van der Waals surface area contributed by atoms with Crippen LogP contribution in [0, 0.1) is 10.1 Å². The number of ether oxygens (including phenoxy) is 1. The van der Waals surface area contributed by atoms with Crippen molar-refractivity contribution in [2.24, 2.45) is 0 Å². The molecule has 0 atom stereocenters. The van der Waals surface area contributed by atoms with Crippen LogP contribution in [0.25, 0.3) is 12.2 Å². The number of pyridine rings is 1. The van der Waals surface area contributed by atoms with Crippen molar-refractivity contribution < 1.29 is 14.5 Å². The predicted octanol–water partition coefficient (Wildman–Crippen LogP) is 4.46. The van der Waals surface area contributed by atoms with Crippen molar-refractivity contribution in [3.05, 3.63) is 69.0 Å². The highest BCUT2D eigenvalue weighted by Gasteiger charge is 2.17. The summed E-state index contributed by atoms with van der Waals surface area (Å²) in [6.45, 7) is 6.10. The molecule has 0 fully saturated rings. The highest BCUT2D eigenvalue weighted by Crippen LogP contribution is 2.20. The quantitative estimate of drug-likeness (QED) is 0.440. The van der Waals surface area contributed by atoms with E-state index in [-0.39, 0.29) is 17.9 Å². The predicted molar refractivity (Wildman–Crippen MR) is 96.3 cm³/mol. The van der Waals surface area contributed by atoms with Gasteiger partial charge in [-0.25, -0.2) is 9.78 Å². The molecule has 2 rings (SSSR count). The Labute approximate surface area is 146 Å². The number of nitro groups is 1. The summed E-state index contributed by atoms with van der Waals surface area (Å²) in [6.07, 6.45) is 4.59. The number of benzene rings is 1. The number of hydrogen-bond donors (Lipinski definition) is 0. The maximum atomic E-state index is 12.1. The zero-order valence-corrected chi connectivity index (χ0v) is 14.4. The van der Waals surface area contributed by atoms with E-state index in [4.69, 9.17) is 4.74 Å². The molecule has 0 unspecified atom stereocenters. The van der Waals surface area contributed by atoms with Crippen molar-refractivity contribution in [1.29, 1.82) is 0 Å². The Bertz CT molecular complexity index is 796. The Morgan fingerprint density at radius 3 is 2.52 bits per heavy atom. The smallest absolute Gasteiger partial charge is 0.340 e. The Balaban J connectivity index is 2.33. The van der Waals surface area contributed by atoms with Gasteiger partial charge in [-0.1, -0.05) is 44.2 Å². The average molecular weight is 340 g/mol. The fourth-order valence-corrected chi connectivity index (χ4v) is 2.24. The van der Waals surface area contributed by atoms with E-state index in [0.29, 0.717) is 11.6 Å². The van der Waals surface area contributed by atoms with E-state index < -0.39 is 10.9 Å². The van der Waals surface area contributed by atoms with E-state index in [2.05, 4.69) is 18.8 Å². The molecular weight excluding hydrogens is 320 g/mol. The van der Waals surface area contributed by atoms with Gasteiger partial charge in [0, 0.05) is 6.07 Å². The average Bonchev–Trinajstić information content (AvgIpc) is 2.60. The molecule has 0 aliphatic heterocycles. The zero-order valence-electron chi connectivity index (χ0n) is 14.4. The van der Waals surface area contributed by atoms with Gasteiger partial charge < -0.3 is 4.74 Å². The molecule has 0 aliphatic rings. The Hall–Kier alpha value is -3.02. The van der Waals surface area contributed by atoms with E-state index >= 15 is 0 Å². The molecule has 1 aromatic carbocycles. The Kier molecular flexibility index (Phi) is 6.00. The number of esters is 1. The van der Waals surface area contributed by atoms with Crippen molar-refractivity contribution in [2.45, 2.75) is 26.7 Å². The topological polar surface area (TPSA) is 82.3 Å². The summed E-state index contributed by atoms with van der Waals surface area (Å²) in [4.78, 5) is 26.4. The SMILES string of the molecule is CCOC(=O)c1cc([N+](=O)[O-])cnc1C=Cc1ccc(C(C)C)cc1. The largest absolute Gasteiger partial charge is 0.462 e. The van der Waals surface area contributed by atoms with Crippen LogP contribution in [0.15, 0.2) is 36.5 Å². The summed E-state index contributed by atoms with van der Waals surface area (Å²) < 4.78 is 4.96. The molecule has 0 amide bonds. The molecule has 0 saturated carbocycles. The first-order valence-electron chi connectivity index (χ1n) is 8.02. The zero-order chi connectivity index (χ0) is 18.4. The highest BCUT2D eigenvalue weighted by atomic mass is 16.6. The van der Waals surface area contributed by atoms with Gasteiger partial charge in [0.05, 0.1) is 22.8 Å². The van der Waals surface area contributed by atoms with Gasteiger partial charge in [-0.3, -0.25) is 10.1 Å². The van der Waals surface area contributed by atoms with E-state index in [1.54, 1.807) is 19.1 Å². The van der Waals surface area contributed by atoms with Gasteiger partial charge in [0.2, 0.25) is 0 Å². The highest BCUT2D eigenvalue weighted by molar-refractivity contribution is 5.94. The number of nitrogens with zero attached hydrogens (tertiary/aromatic N) is 2. The lowest BCUT2D eigenvalue weighted by molar-refractivity contribution is -0.385. The third-order valence-corrected chi connectivity index (χ3v) is 3.65. The number of hydrogen-bond acceptors (Lipinski definition) is 5. The van der Waals surface area contributed by atoms with E-state index in [9.17, 15) is 14.9 Å². The van der Waals surface area contributed by atoms with Gasteiger partial charge in [0.25, 0.3) is 5.69 Å². The molecule has 6 nitrogen and oxygen atoms in total. The van der Waals surface area contributed by atoms with Crippen LogP contribution >= 0.6 is 0 Å². The van der Waals surface area contributed by atoms with E-state index in [1.165, 1.54) is 11.6 Å². The van der Waals surface area contributed by atoms with Gasteiger partial charge in [0.15, 0.2) is 0 Å². The lowest BCUT2D eigenvalue weighted by Crippen LogP contribution is -2.08. The van der Waals surface area contributed by atoms with Gasteiger partial charge in [-0.15, -0.1) is 0 Å². The second-order valence-corrected chi connectivity index (χ2v) is 5.76. The van der Waals surface area contributed by atoms with Crippen molar-refractivity contribution in [1.82, 2.24) is 4.98 Å². The van der Waals surface area contributed by atoms with Crippen LogP contribution in [0.5, 0.6) is 0 Å². The van der Waals surface area contributed by atoms with Crippen LogP contribution in [0.1, 0.15) is 53.9 Å². The number of rotatable bonds is 6. The number of aromatic nitrogens is 1. The number of carbonyl (C=O) groups is 1. The normalized spacial score (nSPS) is 11.0.